The van der Waals surface area contributed by atoms with Gasteiger partial charge in [-0.2, -0.15) is 0 Å². The molecular weight excluding hydrogens is 1200 g/mol. The number of hydrogen-bond acceptors (Lipinski definition) is 22. The van der Waals surface area contributed by atoms with Gasteiger partial charge in [0.05, 0.1) is 0 Å². The number of likely N-dealkylation sites (N-methyl/N-ethyl adjacent to an activating group) is 1. The van der Waals surface area contributed by atoms with Crippen LogP contribution in [0.1, 0.15) is 0 Å². The van der Waals surface area contributed by atoms with Gasteiger partial charge in [-0.3, -0.25) is 14.7 Å². The van der Waals surface area contributed by atoms with Crippen LogP contribution in [0.25, 0.3) is 0 Å². The topological polar surface area (TPSA) is 666 Å². The molecule has 0 saturated carbocycles. The van der Waals surface area contributed by atoms with Crippen molar-refractivity contribution >= 4 is 0 Å². The molecule has 0 amide bonds. The minimum Gasteiger partial charge on any atom is -0.412 e. The van der Waals surface area contributed by atoms with Gasteiger partial charge >= 0.3 is 54.6 Å². The van der Waals surface area contributed by atoms with E-state index in [2.05, 4.69) is 5.73 Å². The first kappa shape index (κ1) is 119. The first-order valence-corrected chi connectivity index (χ1v) is 13.2. The van der Waals surface area contributed by atoms with Gasteiger partial charge in [-0.25, -0.2) is 0 Å². The quantitative estimate of drug-likeness (QED) is 0.0375. The van der Waals surface area contributed by atoms with Crippen molar-refractivity contribution in [3.63, 3.8) is 0 Å². The van der Waals surface area contributed by atoms with Gasteiger partial charge in [0.2, 0.25) is 0 Å². The summed E-state index contributed by atoms with van der Waals surface area (Å²) in [5.74, 6) is 0. The minimum absolute atomic E-state index is 0. The molecule has 2 radical (unpaired) electrons. The maximum atomic E-state index is 8.87. The second kappa shape index (κ2) is 79.9. The van der Waals surface area contributed by atoms with Crippen molar-refractivity contribution in [3.8, 4) is 0 Å². The third-order valence-corrected chi connectivity index (χ3v) is 4.75. The van der Waals surface area contributed by atoms with Crippen LogP contribution in [0, 0.1) is 0 Å². The number of nitrogens with two attached hydrogens (primary N) is 1. The van der Waals surface area contributed by atoms with Crippen molar-refractivity contribution in [2.45, 2.75) is 50.3 Å². The fraction of sp³-hybridized carbons (Fsp3) is 1.00. The van der Waals surface area contributed by atoms with Crippen LogP contribution >= 0.6 is 0 Å². The third kappa shape index (κ3) is 107. The zero-order chi connectivity index (χ0) is 35.4. The maximum absolute atomic E-state index is 8.87. The monoisotopic (exact) mass is 1280 g/mol. The van der Waals surface area contributed by atoms with Crippen LogP contribution < -0.4 is 5.73 Å². The molecule has 0 fully saturated rings. The summed E-state index contributed by atoms with van der Waals surface area (Å²) in [6.45, 7) is -0.0936. The third-order valence-electron chi connectivity index (χ3n) is 4.75. The van der Waals surface area contributed by atoms with Crippen LogP contribution in [0.4, 0.5) is 0 Å². The number of rotatable bonds is 21. The molecule has 36 heteroatoms. The number of hydrogen-bond donors (Lipinski definition) is 18. The SMILES string of the molecule is CN(CCN(CC(O)O)CC(O)O)CC(O)O.CO.NCC(O)O.O.O.O.O.O.O.O.O.O.OC(O)CN(CCN(CC(O)O)CC(O)O)CC(O)O.[Cd+2].[Cd+2].[Cd].[Mn].[Mn]. The van der Waals surface area contributed by atoms with Crippen LogP contribution in [0.15, 0.2) is 0 Å². The Balaban J connectivity index is -0.0000000246. The van der Waals surface area contributed by atoms with E-state index in [1.165, 1.54) is 14.7 Å². The van der Waals surface area contributed by atoms with E-state index in [4.69, 9.17) is 86.8 Å². The molecule has 31 nitrogen and oxygen atoms in total. The van der Waals surface area contributed by atoms with E-state index in [0.29, 0.717) is 13.1 Å². The Morgan fingerprint density at radius 3 is 0.603 bits per heavy atom. The van der Waals surface area contributed by atoms with E-state index in [1.807, 2.05) is 0 Å². The summed E-state index contributed by atoms with van der Waals surface area (Å²) in [7, 11) is 2.67. The average molecular weight is 1270 g/mol. The largest absolute Gasteiger partial charge is 2.00 e. The summed E-state index contributed by atoms with van der Waals surface area (Å²) >= 11 is 0. The minimum atomic E-state index is -1.66. The molecule has 0 spiro atoms. The van der Waals surface area contributed by atoms with Crippen LogP contribution in [0.2, 0.25) is 0 Å². The molecule has 0 bridgehead atoms. The van der Waals surface area contributed by atoms with Crippen LogP contribution in [0.5, 0.6) is 0 Å². The Bertz CT molecular complexity index is 567. The van der Waals surface area contributed by atoms with Gasteiger partial charge in [0.25, 0.3) is 0 Å². The molecule has 0 heterocycles. The first-order valence-electron chi connectivity index (χ1n) is 13.2. The van der Waals surface area contributed by atoms with Crippen molar-refractivity contribution in [1.82, 2.24) is 19.6 Å². The molecule has 0 aliphatic rings. The Labute approximate surface area is 417 Å². The van der Waals surface area contributed by atoms with Gasteiger partial charge < -0.3 is 147 Å². The Kier molecular flexibility index (Phi) is 163. The molecule has 0 aliphatic carbocycles. The first-order chi connectivity index (χ1) is 20.3. The molecule has 0 saturated heterocycles. The summed E-state index contributed by atoms with van der Waals surface area (Å²) in [4.78, 5) is 5.74. The van der Waals surface area contributed by atoms with E-state index in [9.17, 15) is 0 Å². The fourth-order valence-electron chi connectivity index (χ4n) is 3.12. The number of nitrogens with zero attached hydrogens (tertiary/aromatic N) is 4. The zero-order valence-corrected chi connectivity index (χ0v) is 46.9. The predicted octanol–water partition coefficient (Wildman–Crippen LogP) is -18.6. The average Bonchev–Trinajstić information content (AvgIpc) is 2.85. The maximum Gasteiger partial charge on any atom is 2.00 e. The number of aliphatic hydroxyl groups is 17. The molecule has 0 unspecified atom stereocenters. The van der Waals surface area contributed by atoms with Crippen molar-refractivity contribution in [3.05, 3.63) is 0 Å². The zero-order valence-electron chi connectivity index (χ0n) is 32.5. The van der Waals surface area contributed by atoms with Crippen molar-refractivity contribution in [2.75, 3.05) is 92.7 Å². The summed E-state index contributed by atoms with van der Waals surface area (Å²) in [5, 5.41) is 146. The Hall–Kier alpha value is 2.57. The van der Waals surface area contributed by atoms with Crippen molar-refractivity contribution < 1.29 is 252 Å². The molecule has 0 aromatic carbocycles. The van der Waals surface area contributed by atoms with Gasteiger partial charge in [0.1, 0.15) is 0 Å². The van der Waals surface area contributed by atoms with Crippen LogP contribution in [0.3, 0.4) is 0 Å². The molecule has 0 rings (SSSR count). The predicted molar refractivity (Wildman–Crippen MR) is 182 cm³/mol. The molecule has 37 N–H and O–H groups in total. The standard InChI is InChI=1S/C10H24N2O8.C9H22N2O6.C2H7NO2.CH4O.3Cd.2Mn.9H2O/c13-7(14)3-11(4-8(15)16)1-2-12(5-9(17)18)6-10(19)20;1-10(4-7(12)13)2-3-11(5-8(14)15)6-9(16)17;3-1-2(4)5;1-2;;;;;;;;;;;;;;/h7-10,13-20H,1-6H2;7-9,12-17H,2-6H2,1H3;2,4-5H,1,3H2;2H,1H3;;;;;;9*1H2/q;;;;;2*+2;;;;;;;;;;;. The van der Waals surface area contributed by atoms with Crippen LogP contribution in [-0.4, -0.2) is 299 Å². The van der Waals surface area contributed by atoms with Gasteiger partial charge in [-0.05, 0) is 7.05 Å². The molecule has 0 aromatic rings. The smallest absolute Gasteiger partial charge is 0.412 e. The van der Waals surface area contributed by atoms with Crippen LogP contribution in [-0.2, 0) is 116 Å². The molecule has 0 aromatic heterocycles. The van der Waals surface area contributed by atoms with E-state index in [0.717, 1.165) is 7.11 Å². The summed E-state index contributed by atoms with van der Waals surface area (Å²) in [5.41, 5.74) is 4.67. The molecular formula is C22H75Cd3Mn2N5O26+4. The normalized spacial score (nSPS) is 9.10. The van der Waals surface area contributed by atoms with Gasteiger partial charge in [-0.15, -0.1) is 0 Å². The summed E-state index contributed by atoms with van der Waals surface area (Å²) < 4.78 is 0. The van der Waals surface area contributed by atoms with E-state index < -0.39 is 50.3 Å². The molecule has 360 valence electrons. The van der Waals surface area contributed by atoms with E-state index in [-0.39, 0.29) is 231 Å². The van der Waals surface area contributed by atoms with Crippen molar-refractivity contribution in [2.24, 2.45) is 5.73 Å². The van der Waals surface area contributed by atoms with Crippen molar-refractivity contribution in [1.29, 1.82) is 0 Å². The molecule has 0 atom stereocenters. The molecule has 0 aliphatic heterocycles. The molecule has 58 heavy (non-hydrogen) atoms. The van der Waals surface area contributed by atoms with E-state index >= 15 is 0 Å². The second-order valence-corrected chi connectivity index (χ2v) is 9.12. The van der Waals surface area contributed by atoms with E-state index in [1.54, 1.807) is 11.9 Å². The Morgan fingerprint density at radius 2 is 0.483 bits per heavy atom. The number of aliphatic hydroxyl groups excluding tert-OH is 9. The van der Waals surface area contributed by atoms with Gasteiger partial charge in [0, 0.05) is 147 Å². The Morgan fingerprint density at radius 1 is 0.345 bits per heavy atom. The summed E-state index contributed by atoms with van der Waals surface area (Å²) in [6, 6.07) is 0. The van der Waals surface area contributed by atoms with Gasteiger partial charge in [-0.1, -0.05) is 0 Å². The van der Waals surface area contributed by atoms with Gasteiger partial charge in [0.15, 0.2) is 50.3 Å². The summed E-state index contributed by atoms with van der Waals surface area (Å²) in [6.07, 6.45) is -12.5. The second-order valence-electron chi connectivity index (χ2n) is 9.12. The fourth-order valence-corrected chi connectivity index (χ4v) is 3.12.